The van der Waals surface area contributed by atoms with E-state index in [2.05, 4.69) is 5.32 Å². The predicted octanol–water partition coefficient (Wildman–Crippen LogP) is 6.58. The van der Waals surface area contributed by atoms with Crippen LogP contribution in [-0.2, 0) is 11.0 Å². The van der Waals surface area contributed by atoms with Gasteiger partial charge in [-0.2, -0.15) is 13.2 Å². The Morgan fingerprint density at radius 3 is 2.31 bits per heavy atom. The Morgan fingerprint density at radius 1 is 1.00 bits per heavy atom. The van der Waals surface area contributed by atoms with Crippen LogP contribution in [0.25, 0.3) is 11.0 Å². The Bertz CT molecular complexity index is 1430. The van der Waals surface area contributed by atoms with E-state index in [4.69, 9.17) is 25.5 Å². The van der Waals surface area contributed by atoms with E-state index in [0.29, 0.717) is 10.7 Å². The molecule has 0 atom stereocenters. The SMILES string of the molecule is Cc1ccc(Oc2c(C(F)(F)F)oc3cc(OCC(=O)Nc4ccc(Cl)cc4)ccc3c2=O)cc1. The predicted molar refractivity (Wildman–Crippen MR) is 124 cm³/mol. The van der Waals surface area contributed by atoms with Crippen molar-refractivity contribution in [3.63, 3.8) is 0 Å². The highest BCUT2D eigenvalue weighted by Crippen LogP contribution is 2.38. The Labute approximate surface area is 201 Å². The first-order chi connectivity index (χ1) is 16.6. The first-order valence-electron chi connectivity index (χ1n) is 10.2. The molecule has 1 aromatic heterocycles. The molecule has 1 N–H and O–H groups in total. The highest BCUT2D eigenvalue weighted by Gasteiger charge is 2.40. The molecule has 10 heteroatoms. The monoisotopic (exact) mass is 503 g/mol. The van der Waals surface area contributed by atoms with Crippen molar-refractivity contribution in [2.45, 2.75) is 13.1 Å². The van der Waals surface area contributed by atoms with Crippen molar-refractivity contribution in [3.8, 4) is 17.2 Å². The number of benzene rings is 3. The second kappa shape index (κ2) is 9.71. The zero-order valence-corrected chi connectivity index (χ0v) is 18.9. The second-order valence-electron chi connectivity index (χ2n) is 7.50. The smallest absolute Gasteiger partial charge is 0.453 e. The minimum absolute atomic E-state index is 0.0345. The van der Waals surface area contributed by atoms with Gasteiger partial charge >= 0.3 is 6.18 Å². The van der Waals surface area contributed by atoms with Gasteiger partial charge < -0.3 is 19.2 Å². The Balaban J connectivity index is 1.59. The molecule has 0 saturated carbocycles. The third-order valence-electron chi connectivity index (χ3n) is 4.82. The molecule has 0 saturated heterocycles. The van der Waals surface area contributed by atoms with Gasteiger partial charge in [0.05, 0.1) is 5.39 Å². The zero-order valence-electron chi connectivity index (χ0n) is 18.1. The van der Waals surface area contributed by atoms with Gasteiger partial charge in [0.25, 0.3) is 11.7 Å². The lowest BCUT2D eigenvalue weighted by atomic mass is 10.2. The summed E-state index contributed by atoms with van der Waals surface area (Å²) in [5.41, 5.74) is -0.00266. The van der Waals surface area contributed by atoms with E-state index in [1.54, 1.807) is 43.3 Å². The van der Waals surface area contributed by atoms with E-state index in [1.807, 2.05) is 0 Å². The molecule has 180 valence electrons. The summed E-state index contributed by atoms with van der Waals surface area (Å²) in [5, 5.41) is 2.95. The largest absolute Gasteiger partial charge is 0.484 e. The van der Waals surface area contributed by atoms with E-state index >= 15 is 0 Å². The molecule has 0 fully saturated rings. The van der Waals surface area contributed by atoms with Crippen LogP contribution in [0.2, 0.25) is 5.02 Å². The van der Waals surface area contributed by atoms with Crippen LogP contribution in [0.15, 0.2) is 75.9 Å². The number of nitrogens with one attached hydrogen (secondary N) is 1. The van der Waals surface area contributed by atoms with Crippen molar-refractivity contribution in [1.82, 2.24) is 0 Å². The quantitative estimate of drug-likeness (QED) is 0.321. The van der Waals surface area contributed by atoms with Gasteiger partial charge in [-0.1, -0.05) is 29.3 Å². The number of ether oxygens (including phenoxy) is 2. The number of halogens is 4. The summed E-state index contributed by atoms with van der Waals surface area (Å²) in [6.07, 6.45) is -5.00. The maximum atomic E-state index is 13.7. The summed E-state index contributed by atoms with van der Waals surface area (Å²) < 4.78 is 56.8. The highest BCUT2D eigenvalue weighted by molar-refractivity contribution is 6.30. The molecule has 0 spiro atoms. The Kier molecular flexibility index (Phi) is 6.70. The van der Waals surface area contributed by atoms with Crippen LogP contribution >= 0.6 is 11.6 Å². The average molecular weight is 504 g/mol. The number of alkyl halides is 3. The van der Waals surface area contributed by atoms with Gasteiger partial charge in [-0.25, -0.2) is 0 Å². The number of carbonyl (C=O) groups is 1. The third kappa shape index (κ3) is 5.75. The van der Waals surface area contributed by atoms with Gasteiger partial charge in [-0.15, -0.1) is 0 Å². The number of rotatable bonds is 6. The van der Waals surface area contributed by atoms with Gasteiger partial charge in [0.2, 0.25) is 11.2 Å². The van der Waals surface area contributed by atoms with Gasteiger partial charge in [0.1, 0.15) is 17.1 Å². The summed E-state index contributed by atoms with van der Waals surface area (Å²) in [6.45, 7) is 1.37. The minimum Gasteiger partial charge on any atom is -0.484 e. The molecule has 3 aromatic carbocycles. The van der Waals surface area contributed by atoms with Crippen molar-refractivity contribution in [3.05, 3.63) is 93.3 Å². The summed E-state index contributed by atoms with van der Waals surface area (Å²) in [6, 6.07) is 16.3. The Hall–Kier alpha value is -3.98. The normalized spacial score (nSPS) is 11.3. The molecule has 0 unspecified atom stereocenters. The van der Waals surface area contributed by atoms with Crippen LogP contribution in [-0.4, -0.2) is 12.5 Å². The van der Waals surface area contributed by atoms with E-state index in [0.717, 1.165) is 11.6 Å². The minimum atomic E-state index is -5.00. The van der Waals surface area contributed by atoms with Crippen LogP contribution in [0.1, 0.15) is 11.3 Å². The third-order valence-corrected chi connectivity index (χ3v) is 5.07. The maximum absolute atomic E-state index is 13.7. The molecule has 1 heterocycles. The number of hydrogen-bond donors (Lipinski definition) is 1. The highest BCUT2D eigenvalue weighted by atomic mass is 35.5. The molecular weight excluding hydrogens is 487 g/mol. The maximum Gasteiger partial charge on any atom is 0.453 e. The van der Waals surface area contributed by atoms with Crippen LogP contribution in [0.4, 0.5) is 18.9 Å². The topological polar surface area (TPSA) is 77.8 Å². The molecule has 0 aliphatic rings. The molecule has 0 aliphatic carbocycles. The second-order valence-corrected chi connectivity index (χ2v) is 7.94. The lowest BCUT2D eigenvalue weighted by molar-refractivity contribution is -0.154. The van der Waals surface area contributed by atoms with Gasteiger partial charge in [0, 0.05) is 16.8 Å². The summed E-state index contributed by atoms with van der Waals surface area (Å²) in [5.74, 6) is -2.96. The molecular formula is C25H17ClF3NO5. The molecule has 0 aliphatic heterocycles. The van der Waals surface area contributed by atoms with Crippen LogP contribution in [0.3, 0.4) is 0 Å². The van der Waals surface area contributed by atoms with Gasteiger partial charge in [0.15, 0.2) is 6.61 Å². The molecule has 6 nitrogen and oxygen atoms in total. The zero-order chi connectivity index (χ0) is 25.2. The van der Waals surface area contributed by atoms with Crippen LogP contribution < -0.4 is 20.2 Å². The van der Waals surface area contributed by atoms with Gasteiger partial charge in [-0.05, 0) is 55.5 Å². The number of anilines is 1. The number of amides is 1. The standard InChI is InChI=1S/C25H17ClF3NO5/c1-14-2-8-17(9-3-14)34-23-22(32)19-11-10-18(12-20(19)35-24(23)25(27,28)29)33-13-21(31)30-16-6-4-15(26)5-7-16/h2-12H,13H2,1H3,(H,30,31). The lowest BCUT2D eigenvalue weighted by Crippen LogP contribution is -2.20. The van der Waals surface area contributed by atoms with Gasteiger partial charge in [-0.3, -0.25) is 9.59 Å². The molecule has 4 aromatic rings. The van der Waals surface area contributed by atoms with E-state index < -0.39 is 35.6 Å². The Morgan fingerprint density at radius 2 is 1.66 bits per heavy atom. The summed E-state index contributed by atoms with van der Waals surface area (Å²) in [4.78, 5) is 25.0. The fraction of sp³-hybridized carbons (Fsp3) is 0.120. The molecule has 1 amide bonds. The molecule has 0 radical (unpaired) electrons. The van der Waals surface area contributed by atoms with E-state index in [-0.39, 0.29) is 22.5 Å². The average Bonchev–Trinajstić information content (AvgIpc) is 2.81. The van der Waals surface area contributed by atoms with Crippen LogP contribution in [0, 0.1) is 6.92 Å². The number of fused-ring (bicyclic) bond motifs is 1. The van der Waals surface area contributed by atoms with Crippen molar-refractivity contribution in [2.24, 2.45) is 0 Å². The van der Waals surface area contributed by atoms with Crippen molar-refractivity contribution in [1.29, 1.82) is 0 Å². The van der Waals surface area contributed by atoms with E-state index in [1.165, 1.54) is 24.3 Å². The first kappa shape index (κ1) is 24.2. The first-order valence-corrected chi connectivity index (χ1v) is 10.6. The van der Waals surface area contributed by atoms with Crippen LogP contribution in [0.5, 0.6) is 17.2 Å². The van der Waals surface area contributed by atoms with Crippen molar-refractivity contribution < 1.29 is 31.9 Å². The van der Waals surface area contributed by atoms with E-state index in [9.17, 15) is 22.8 Å². The number of hydrogen-bond acceptors (Lipinski definition) is 5. The molecule has 4 rings (SSSR count). The summed E-state index contributed by atoms with van der Waals surface area (Å²) in [7, 11) is 0. The summed E-state index contributed by atoms with van der Waals surface area (Å²) >= 11 is 5.80. The lowest BCUT2D eigenvalue weighted by Gasteiger charge is -2.14. The van der Waals surface area contributed by atoms with Crippen molar-refractivity contribution >= 4 is 34.2 Å². The molecule has 35 heavy (non-hydrogen) atoms. The number of aryl methyl sites for hydroxylation is 1. The van der Waals surface area contributed by atoms with Crippen molar-refractivity contribution in [2.75, 3.05) is 11.9 Å². The number of carbonyl (C=O) groups excluding carboxylic acids is 1. The molecule has 0 bridgehead atoms. The fourth-order valence-corrected chi connectivity index (χ4v) is 3.25. The fourth-order valence-electron chi connectivity index (χ4n) is 3.13.